The molecule has 0 fully saturated rings. The van der Waals surface area contributed by atoms with Crippen molar-refractivity contribution in [2.45, 2.75) is 33.1 Å². The summed E-state index contributed by atoms with van der Waals surface area (Å²) in [6, 6.07) is 5.25. The SMILES string of the molecule is Cc1c(N)nc(C(C)(C)C)nc1Nc1ccc(Cl)cc1Cl. The van der Waals surface area contributed by atoms with E-state index in [0.717, 1.165) is 11.3 Å². The van der Waals surface area contributed by atoms with Crippen LogP contribution in [0, 0.1) is 6.92 Å². The van der Waals surface area contributed by atoms with Crippen molar-refractivity contribution in [3.8, 4) is 0 Å². The van der Waals surface area contributed by atoms with Crippen molar-refractivity contribution < 1.29 is 0 Å². The molecule has 4 nitrogen and oxygen atoms in total. The molecule has 0 atom stereocenters. The van der Waals surface area contributed by atoms with E-state index in [4.69, 9.17) is 28.9 Å². The van der Waals surface area contributed by atoms with E-state index in [1.807, 2.05) is 27.7 Å². The molecule has 0 bridgehead atoms. The van der Waals surface area contributed by atoms with Gasteiger partial charge < -0.3 is 11.1 Å². The van der Waals surface area contributed by atoms with Crippen LogP contribution in [0.25, 0.3) is 0 Å². The van der Waals surface area contributed by atoms with E-state index in [1.54, 1.807) is 18.2 Å². The maximum atomic E-state index is 6.18. The standard InChI is InChI=1S/C15H18Cl2N4/c1-8-12(18)20-14(15(2,3)4)21-13(8)19-11-6-5-9(16)7-10(11)17/h5-7H,1-4H3,(H3,18,19,20,21). The molecule has 0 aliphatic carbocycles. The van der Waals surface area contributed by atoms with Gasteiger partial charge in [0.25, 0.3) is 0 Å². The smallest absolute Gasteiger partial charge is 0.139 e. The van der Waals surface area contributed by atoms with Crippen molar-refractivity contribution in [2.24, 2.45) is 0 Å². The Morgan fingerprint density at radius 3 is 2.38 bits per heavy atom. The second-order valence-electron chi connectivity index (χ2n) is 5.91. The average molecular weight is 325 g/mol. The van der Waals surface area contributed by atoms with Crippen molar-refractivity contribution in [2.75, 3.05) is 11.1 Å². The van der Waals surface area contributed by atoms with Crippen LogP contribution >= 0.6 is 23.2 Å². The Labute approximate surface area is 134 Å². The fourth-order valence-electron chi connectivity index (χ4n) is 1.71. The van der Waals surface area contributed by atoms with Gasteiger partial charge >= 0.3 is 0 Å². The van der Waals surface area contributed by atoms with Crippen LogP contribution in [0.4, 0.5) is 17.3 Å². The van der Waals surface area contributed by atoms with Crippen molar-refractivity contribution in [3.05, 3.63) is 39.6 Å². The number of hydrogen-bond acceptors (Lipinski definition) is 4. The highest BCUT2D eigenvalue weighted by atomic mass is 35.5. The van der Waals surface area contributed by atoms with Crippen LogP contribution < -0.4 is 11.1 Å². The maximum Gasteiger partial charge on any atom is 0.139 e. The first-order valence-electron chi connectivity index (χ1n) is 6.55. The zero-order valence-corrected chi connectivity index (χ0v) is 14.0. The number of aromatic nitrogens is 2. The summed E-state index contributed by atoms with van der Waals surface area (Å²) < 4.78 is 0. The topological polar surface area (TPSA) is 63.8 Å². The van der Waals surface area contributed by atoms with Gasteiger partial charge in [0.15, 0.2) is 0 Å². The van der Waals surface area contributed by atoms with Crippen LogP contribution in [0.1, 0.15) is 32.2 Å². The molecular weight excluding hydrogens is 307 g/mol. The normalized spacial score (nSPS) is 11.5. The summed E-state index contributed by atoms with van der Waals surface area (Å²) in [7, 11) is 0. The summed E-state index contributed by atoms with van der Waals surface area (Å²) in [5, 5.41) is 4.31. The molecule has 21 heavy (non-hydrogen) atoms. The molecule has 3 N–H and O–H groups in total. The molecule has 0 saturated heterocycles. The van der Waals surface area contributed by atoms with Gasteiger partial charge in [-0.1, -0.05) is 44.0 Å². The summed E-state index contributed by atoms with van der Waals surface area (Å²) >= 11 is 12.1. The van der Waals surface area contributed by atoms with Crippen molar-refractivity contribution in [3.63, 3.8) is 0 Å². The minimum atomic E-state index is -0.192. The quantitative estimate of drug-likeness (QED) is 0.839. The molecule has 0 radical (unpaired) electrons. The lowest BCUT2D eigenvalue weighted by Crippen LogP contribution is -2.18. The Hall–Kier alpha value is -1.52. The average Bonchev–Trinajstić information content (AvgIpc) is 2.36. The van der Waals surface area contributed by atoms with Gasteiger partial charge in [-0.25, -0.2) is 9.97 Å². The summed E-state index contributed by atoms with van der Waals surface area (Å²) in [6.45, 7) is 7.98. The van der Waals surface area contributed by atoms with Gasteiger partial charge in [0.05, 0.1) is 10.7 Å². The lowest BCUT2D eigenvalue weighted by molar-refractivity contribution is 0.546. The molecule has 1 aromatic carbocycles. The number of nitrogen functional groups attached to an aromatic ring is 1. The zero-order valence-electron chi connectivity index (χ0n) is 12.5. The molecule has 112 valence electrons. The van der Waals surface area contributed by atoms with Crippen LogP contribution in [0.3, 0.4) is 0 Å². The second-order valence-corrected chi connectivity index (χ2v) is 6.75. The Bertz CT molecular complexity index is 678. The lowest BCUT2D eigenvalue weighted by Gasteiger charge is -2.20. The molecule has 0 spiro atoms. The van der Waals surface area contributed by atoms with E-state index in [-0.39, 0.29) is 5.41 Å². The van der Waals surface area contributed by atoms with Gasteiger partial charge in [0, 0.05) is 16.0 Å². The summed E-state index contributed by atoms with van der Waals surface area (Å²) in [5.41, 5.74) is 7.31. The fraction of sp³-hybridized carbons (Fsp3) is 0.333. The van der Waals surface area contributed by atoms with Gasteiger partial charge in [0.2, 0.25) is 0 Å². The molecule has 1 heterocycles. The third-order valence-electron chi connectivity index (χ3n) is 3.04. The predicted octanol–water partition coefficient (Wildman–Crippen LogP) is 4.72. The number of nitrogens with zero attached hydrogens (tertiary/aromatic N) is 2. The first-order valence-corrected chi connectivity index (χ1v) is 7.31. The molecule has 0 unspecified atom stereocenters. The van der Waals surface area contributed by atoms with Gasteiger partial charge in [-0.3, -0.25) is 0 Å². The molecule has 0 saturated carbocycles. The number of rotatable bonds is 2. The number of hydrogen-bond donors (Lipinski definition) is 2. The van der Waals surface area contributed by atoms with E-state index in [0.29, 0.717) is 27.5 Å². The van der Waals surface area contributed by atoms with E-state index in [9.17, 15) is 0 Å². The maximum absolute atomic E-state index is 6.18. The number of anilines is 3. The van der Waals surface area contributed by atoms with E-state index < -0.39 is 0 Å². The first-order chi connectivity index (χ1) is 9.68. The van der Waals surface area contributed by atoms with Gasteiger partial charge in [-0.2, -0.15) is 0 Å². The molecule has 6 heteroatoms. The highest BCUT2D eigenvalue weighted by Gasteiger charge is 2.20. The van der Waals surface area contributed by atoms with Crippen LogP contribution in [-0.4, -0.2) is 9.97 Å². The van der Waals surface area contributed by atoms with Crippen molar-refractivity contribution in [1.82, 2.24) is 9.97 Å². The van der Waals surface area contributed by atoms with Crippen molar-refractivity contribution in [1.29, 1.82) is 0 Å². The third-order valence-corrected chi connectivity index (χ3v) is 3.59. The van der Waals surface area contributed by atoms with Gasteiger partial charge in [-0.05, 0) is 25.1 Å². The number of nitrogens with one attached hydrogen (secondary N) is 1. The Morgan fingerprint density at radius 1 is 1.14 bits per heavy atom. The van der Waals surface area contributed by atoms with Gasteiger partial charge in [-0.15, -0.1) is 0 Å². The van der Waals surface area contributed by atoms with E-state index in [2.05, 4.69) is 15.3 Å². The fourth-order valence-corrected chi connectivity index (χ4v) is 2.17. The second kappa shape index (κ2) is 5.70. The van der Waals surface area contributed by atoms with Crippen LogP contribution in [0.15, 0.2) is 18.2 Å². The molecule has 0 aliphatic heterocycles. The van der Waals surface area contributed by atoms with Crippen molar-refractivity contribution >= 4 is 40.5 Å². The molecule has 0 amide bonds. The minimum absolute atomic E-state index is 0.192. The molecule has 0 aliphatic rings. The Balaban J connectivity index is 2.46. The van der Waals surface area contributed by atoms with Crippen LogP contribution in [-0.2, 0) is 5.41 Å². The highest BCUT2D eigenvalue weighted by Crippen LogP contribution is 2.31. The van der Waals surface area contributed by atoms with E-state index >= 15 is 0 Å². The number of nitrogens with two attached hydrogens (primary N) is 1. The van der Waals surface area contributed by atoms with Gasteiger partial charge in [0.1, 0.15) is 17.5 Å². The minimum Gasteiger partial charge on any atom is -0.383 e. The molecular formula is C15H18Cl2N4. The largest absolute Gasteiger partial charge is 0.383 e. The third kappa shape index (κ3) is 3.57. The Morgan fingerprint density at radius 2 is 1.81 bits per heavy atom. The first kappa shape index (κ1) is 15.9. The summed E-state index contributed by atoms with van der Waals surface area (Å²) in [5.74, 6) is 1.79. The number of halogens is 2. The van der Waals surface area contributed by atoms with E-state index in [1.165, 1.54) is 0 Å². The van der Waals surface area contributed by atoms with Crippen LogP contribution in [0.2, 0.25) is 10.0 Å². The van der Waals surface area contributed by atoms with Crippen LogP contribution in [0.5, 0.6) is 0 Å². The Kier molecular flexibility index (Phi) is 4.30. The lowest BCUT2D eigenvalue weighted by atomic mass is 9.95. The zero-order chi connectivity index (χ0) is 15.8. The predicted molar refractivity (Wildman–Crippen MR) is 89.6 cm³/mol. The molecule has 1 aromatic heterocycles. The molecule has 2 aromatic rings. The monoisotopic (exact) mass is 324 g/mol. The summed E-state index contributed by atoms with van der Waals surface area (Å²) in [4.78, 5) is 8.92. The molecule has 2 rings (SSSR count). The highest BCUT2D eigenvalue weighted by molar-refractivity contribution is 6.36. The number of benzene rings is 1. The summed E-state index contributed by atoms with van der Waals surface area (Å²) in [6.07, 6.45) is 0.